The Balaban J connectivity index is 3.01. The predicted octanol–water partition coefficient (Wildman–Crippen LogP) is 3.20. The molecule has 80 valence electrons. The van der Waals surface area contributed by atoms with Crippen LogP contribution in [0.3, 0.4) is 0 Å². The molecule has 0 heterocycles. The SMILES string of the molecule is CCOP(C)(=O)C(C#N)c1ccccc1. The summed E-state index contributed by atoms with van der Waals surface area (Å²) in [4.78, 5) is 0. The van der Waals surface area contributed by atoms with Gasteiger partial charge in [0.1, 0.15) is 5.66 Å². The highest BCUT2D eigenvalue weighted by Crippen LogP contribution is 2.56. The van der Waals surface area contributed by atoms with Crippen LogP contribution in [-0.2, 0) is 9.09 Å². The molecule has 3 nitrogen and oxygen atoms in total. The molecule has 0 spiro atoms. The minimum Gasteiger partial charge on any atom is -0.328 e. The van der Waals surface area contributed by atoms with Gasteiger partial charge in [-0.15, -0.1) is 0 Å². The zero-order valence-electron chi connectivity index (χ0n) is 8.88. The van der Waals surface area contributed by atoms with Gasteiger partial charge in [-0.25, -0.2) is 0 Å². The van der Waals surface area contributed by atoms with E-state index in [-0.39, 0.29) is 0 Å². The molecule has 0 aliphatic rings. The highest BCUT2D eigenvalue weighted by Gasteiger charge is 2.30. The van der Waals surface area contributed by atoms with E-state index in [0.29, 0.717) is 6.61 Å². The fourth-order valence-electron chi connectivity index (χ4n) is 1.42. The van der Waals surface area contributed by atoms with Crippen LogP contribution in [-0.4, -0.2) is 13.3 Å². The average Bonchev–Trinajstić information content (AvgIpc) is 2.19. The van der Waals surface area contributed by atoms with Gasteiger partial charge in [0.25, 0.3) is 0 Å². The van der Waals surface area contributed by atoms with Gasteiger partial charge in [-0.3, -0.25) is 4.57 Å². The Morgan fingerprint density at radius 3 is 2.53 bits per heavy atom. The number of rotatable bonds is 4. The Bertz CT molecular complexity index is 397. The quantitative estimate of drug-likeness (QED) is 0.736. The first kappa shape index (κ1) is 12.0. The Morgan fingerprint density at radius 2 is 2.07 bits per heavy atom. The number of benzene rings is 1. The zero-order chi connectivity index (χ0) is 11.3. The molecule has 15 heavy (non-hydrogen) atoms. The van der Waals surface area contributed by atoms with Crippen LogP contribution in [0.15, 0.2) is 30.3 Å². The lowest BCUT2D eigenvalue weighted by atomic mass is 10.2. The van der Waals surface area contributed by atoms with Crippen molar-refractivity contribution in [1.82, 2.24) is 0 Å². The molecular formula is C11H14NO2P. The molecule has 1 rings (SSSR count). The van der Waals surface area contributed by atoms with E-state index in [1.807, 2.05) is 18.2 Å². The zero-order valence-corrected chi connectivity index (χ0v) is 9.78. The lowest BCUT2D eigenvalue weighted by Crippen LogP contribution is -2.00. The molecule has 1 aromatic carbocycles. The summed E-state index contributed by atoms with van der Waals surface area (Å²) in [6.45, 7) is 3.64. The summed E-state index contributed by atoms with van der Waals surface area (Å²) >= 11 is 0. The normalized spacial score (nSPS) is 16.3. The second-order valence-electron chi connectivity index (χ2n) is 3.27. The maximum absolute atomic E-state index is 12.1. The molecule has 0 aliphatic heterocycles. The highest BCUT2D eigenvalue weighted by molar-refractivity contribution is 7.58. The number of nitrogens with zero attached hydrogens (tertiary/aromatic N) is 1. The van der Waals surface area contributed by atoms with Crippen molar-refractivity contribution in [2.24, 2.45) is 0 Å². The standard InChI is InChI=1S/C11H14NO2P/c1-3-14-15(2,13)11(9-12)10-7-5-4-6-8-10/h4-8,11H,3H2,1-2H3. The van der Waals surface area contributed by atoms with E-state index in [9.17, 15) is 4.57 Å². The topological polar surface area (TPSA) is 50.1 Å². The summed E-state index contributed by atoms with van der Waals surface area (Å²) in [5, 5.41) is 9.04. The molecule has 0 saturated heterocycles. The summed E-state index contributed by atoms with van der Waals surface area (Å²) in [6, 6.07) is 11.2. The summed E-state index contributed by atoms with van der Waals surface area (Å²) in [6.07, 6.45) is 0. The molecule has 0 amide bonds. The summed E-state index contributed by atoms with van der Waals surface area (Å²) < 4.78 is 17.3. The van der Waals surface area contributed by atoms with Gasteiger partial charge in [0.15, 0.2) is 0 Å². The van der Waals surface area contributed by atoms with E-state index in [4.69, 9.17) is 9.79 Å². The van der Waals surface area contributed by atoms with Crippen LogP contribution >= 0.6 is 7.37 Å². The van der Waals surface area contributed by atoms with Gasteiger partial charge in [0, 0.05) is 6.66 Å². The molecule has 2 unspecified atom stereocenters. The minimum atomic E-state index is -2.89. The van der Waals surface area contributed by atoms with Gasteiger partial charge in [-0.05, 0) is 12.5 Å². The molecule has 0 fully saturated rings. The molecule has 0 radical (unpaired) electrons. The monoisotopic (exact) mass is 223 g/mol. The first-order valence-electron chi connectivity index (χ1n) is 4.78. The van der Waals surface area contributed by atoms with Gasteiger partial charge in [-0.1, -0.05) is 30.3 Å². The third-order valence-corrected chi connectivity index (χ3v) is 4.21. The molecule has 4 heteroatoms. The van der Waals surface area contributed by atoms with E-state index in [2.05, 4.69) is 6.07 Å². The van der Waals surface area contributed by atoms with Crippen molar-refractivity contribution in [3.05, 3.63) is 35.9 Å². The summed E-state index contributed by atoms with van der Waals surface area (Å²) in [5.74, 6) is 0. The van der Waals surface area contributed by atoms with Crippen molar-refractivity contribution >= 4 is 7.37 Å². The Hall–Kier alpha value is -1.10. The molecule has 0 N–H and O–H groups in total. The maximum Gasteiger partial charge on any atom is 0.221 e. The highest BCUT2D eigenvalue weighted by atomic mass is 31.2. The van der Waals surface area contributed by atoms with Crippen molar-refractivity contribution in [3.63, 3.8) is 0 Å². The fraction of sp³-hybridized carbons (Fsp3) is 0.364. The summed E-state index contributed by atoms with van der Waals surface area (Å²) in [5.41, 5.74) is 0.0814. The van der Waals surface area contributed by atoms with Crippen LogP contribution in [0, 0.1) is 11.3 Å². The van der Waals surface area contributed by atoms with Gasteiger partial charge >= 0.3 is 0 Å². The molecule has 0 aliphatic carbocycles. The number of hydrogen-bond donors (Lipinski definition) is 0. The lowest BCUT2D eigenvalue weighted by molar-refractivity contribution is 0.334. The largest absolute Gasteiger partial charge is 0.328 e. The molecule has 0 saturated carbocycles. The molecule has 0 bridgehead atoms. The molecule has 0 aromatic heterocycles. The third-order valence-electron chi connectivity index (χ3n) is 2.09. The van der Waals surface area contributed by atoms with Crippen LogP contribution < -0.4 is 0 Å². The summed E-state index contributed by atoms with van der Waals surface area (Å²) in [7, 11) is -2.89. The van der Waals surface area contributed by atoms with E-state index in [1.54, 1.807) is 19.1 Å². The van der Waals surface area contributed by atoms with E-state index in [0.717, 1.165) is 5.56 Å². The van der Waals surface area contributed by atoms with Gasteiger partial charge < -0.3 is 4.52 Å². The van der Waals surface area contributed by atoms with Crippen LogP contribution in [0.4, 0.5) is 0 Å². The maximum atomic E-state index is 12.1. The molecular weight excluding hydrogens is 209 g/mol. The Kier molecular flexibility index (Phi) is 4.08. The smallest absolute Gasteiger partial charge is 0.221 e. The first-order chi connectivity index (χ1) is 7.11. The van der Waals surface area contributed by atoms with E-state index >= 15 is 0 Å². The van der Waals surface area contributed by atoms with Gasteiger partial charge in [0.05, 0.1) is 12.7 Å². The Labute approximate surface area is 90.1 Å². The van der Waals surface area contributed by atoms with Crippen LogP contribution in [0.25, 0.3) is 0 Å². The number of hydrogen-bond acceptors (Lipinski definition) is 3. The van der Waals surface area contributed by atoms with Gasteiger partial charge in [0.2, 0.25) is 7.37 Å². The second kappa shape index (κ2) is 5.11. The van der Waals surface area contributed by atoms with Crippen molar-refractivity contribution in [2.75, 3.05) is 13.3 Å². The average molecular weight is 223 g/mol. The van der Waals surface area contributed by atoms with Gasteiger partial charge in [-0.2, -0.15) is 5.26 Å². The minimum absolute atomic E-state index is 0.360. The predicted molar refractivity (Wildman–Crippen MR) is 60.0 cm³/mol. The van der Waals surface area contributed by atoms with Crippen LogP contribution in [0.5, 0.6) is 0 Å². The molecule has 2 atom stereocenters. The lowest BCUT2D eigenvalue weighted by Gasteiger charge is -2.18. The first-order valence-corrected chi connectivity index (χ1v) is 6.92. The fourth-order valence-corrected chi connectivity index (χ4v) is 3.00. The van der Waals surface area contributed by atoms with E-state index in [1.165, 1.54) is 6.66 Å². The van der Waals surface area contributed by atoms with Crippen molar-refractivity contribution in [1.29, 1.82) is 5.26 Å². The van der Waals surface area contributed by atoms with Crippen LogP contribution in [0.2, 0.25) is 0 Å². The third kappa shape index (κ3) is 2.92. The second-order valence-corrected chi connectivity index (χ2v) is 5.86. The van der Waals surface area contributed by atoms with E-state index < -0.39 is 13.0 Å². The van der Waals surface area contributed by atoms with Crippen molar-refractivity contribution in [3.8, 4) is 6.07 Å². The Morgan fingerprint density at radius 1 is 1.47 bits per heavy atom. The van der Waals surface area contributed by atoms with Crippen molar-refractivity contribution in [2.45, 2.75) is 12.6 Å². The van der Waals surface area contributed by atoms with Crippen LogP contribution in [0.1, 0.15) is 18.1 Å². The van der Waals surface area contributed by atoms with Crippen molar-refractivity contribution < 1.29 is 9.09 Å². The number of nitriles is 1. The molecule has 1 aromatic rings.